The summed E-state index contributed by atoms with van der Waals surface area (Å²) in [7, 11) is 0. The molecular formula is C11H12N2O. The molecule has 1 heterocycles. The van der Waals surface area contributed by atoms with E-state index >= 15 is 0 Å². The van der Waals surface area contributed by atoms with Crippen molar-refractivity contribution in [2.45, 2.75) is 13.8 Å². The summed E-state index contributed by atoms with van der Waals surface area (Å²) in [6, 6.07) is 5.43. The van der Waals surface area contributed by atoms with Gasteiger partial charge in [-0.1, -0.05) is 5.57 Å². The minimum absolute atomic E-state index is 0.396. The molecule has 14 heavy (non-hydrogen) atoms. The van der Waals surface area contributed by atoms with Crippen molar-refractivity contribution in [3.63, 3.8) is 0 Å². The molecule has 0 bridgehead atoms. The summed E-state index contributed by atoms with van der Waals surface area (Å²) in [6.45, 7) is 4.44. The molecule has 0 aliphatic carbocycles. The van der Waals surface area contributed by atoms with Gasteiger partial charge in [-0.3, -0.25) is 0 Å². The molecule has 0 saturated heterocycles. The average Bonchev–Trinajstić information content (AvgIpc) is 2.18. The van der Waals surface area contributed by atoms with Gasteiger partial charge in [0, 0.05) is 6.20 Å². The lowest BCUT2D eigenvalue weighted by atomic mass is 10.3. The summed E-state index contributed by atoms with van der Waals surface area (Å²) in [6.07, 6.45) is 3.55. The fourth-order valence-electron chi connectivity index (χ4n) is 0.878. The molecular weight excluding hydrogens is 176 g/mol. The van der Waals surface area contributed by atoms with Crippen LogP contribution in [0.25, 0.3) is 0 Å². The number of rotatable bonds is 3. The van der Waals surface area contributed by atoms with Crippen LogP contribution in [0.4, 0.5) is 0 Å². The fourth-order valence-corrected chi connectivity index (χ4v) is 0.878. The molecule has 1 aromatic rings. The monoisotopic (exact) mass is 188 g/mol. The van der Waals surface area contributed by atoms with Crippen molar-refractivity contribution in [2.24, 2.45) is 0 Å². The second-order valence-electron chi connectivity index (χ2n) is 3.06. The number of nitrogens with zero attached hydrogens (tertiary/aromatic N) is 2. The SMILES string of the molecule is CC(C)=CCOc1ncccc1C#N. The van der Waals surface area contributed by atoms with Gasteiger partial charge >= 0.3 is 0 Å². The van der Waals surface area contributed by atoms with E-state index in [1.54, 1.807) is 18.3 Å². The van der Waals surface area contributed by atoms with Gasteiger partial charge in [-0.15, -0.1) is 0 Å². The van der Waals surface area contributed by atoms with Crippen molar-refractivity contribution in [3.05, 3.63) is 35.5 Å². The third-order valence-electron chi connectivity index (χ3n) is 1.60. The molecule has 1 aromatic heterocycles. The van der Waals surface area contributed by atoms with Crippen molar-refractivity contribution in [2.75, 3.05) is 6.61 Å². The van der Waals surface area contributed by atoms with Gasteiger partial charge in [-0.2, -0.15) is 5.26 Å². The van der Waals surface area contributed by atoms with E-state index < -0.39 is 0 Å². The summed E-state index contributed by atoms with van der Waals surface area (Å²) < 4.78 is 5.33. The van der Waals surface area contributed by atoms with Crippen LogP contribution in [-0.4, -0.2) is 11.6 Å². The number of allylic oxidation sites excluding steroid dienone is 1. The first-order valence-corrected chi connectivity index (χ1v) is 4.35. The van der Waals surface area contributed by atoms with Crippen molar-refractivity contribution < 1.29 is 4.74 Å². The van der Waals surface area contributed by atoms with E-state index in [2.05, 4.69) is 4.98 Å². The van der Waals surface area contributed by atoms with Gasteiger partial charge in [-0.05, 0) is 32.1 Å². The maximum absolute atomic E-state index is 8.74. The molecule has 0 aromatic carbocycles. The number of hydrogen-bond acceptors (Lipinski definition) is 3. The van der Waals surface area contributed by atoms with Crippen molar-refractivity contribution >= 4 is 0 Å². The van der Waals surface area contributed by atoms with Crippen LogP contribution in [0.1, 0.15) is 19.4 Å². The maximum Gasteiger partial charge on any atom is 0.231 e. The zero-order valence-corrected chi connectivity index (χ0v) is 8.32. The average molecular weight is 188 g/mol. The number of pyridine rings is 1. The van der Waals surface area contributed by atoms with Crippen LogP contribution in [-0.2, 0) is 0 Å². The van der Waals surface area contributed by atoms with E-state index in [1.807, 2.05) is 26.0 Å². The molecule has 1 rings (SSSR count). The molecule has 3 heteroatoms. The summed E-state index contributed by atoms with van der Waals surface area (Å²) >= 11 is 0. The molecule has 0 radical (unpaired) electrons. The Kier molecular flexibility index (Phi) is 3.69. The minimum atomic E-state index is 0.396. The molecule has 3 nitrogen and oxygen atoms in total. The lowest BCUT2D eigenvalue weighted by Crippen LogP contribution is -1.98. The van der Waals surface area contributed by atoms with E-state index in [1.165, 1.54) is 5.57 Å². The Morgan fingerprint density at radius 2 is 2.43 bits per heavy atom. The molecule has 72 valence electrons. The van der Waals surface area contributed by atoms with Gasteiger partial charge in [0.25, 0.3) is 0 Å². The predicted molar refractivity (Wildman–Crippen MR) is 53.9 cm³/mol. The van der Waals surface area contributed by atoms with Crippen LogP contribution in [0.3, 0.4) is 0 Å². The molecule has 0 aliphatic heterocycles. The van der Waals surface area contributed by atoms with Crippen molar-refractivity contribution in [3.8, 4) is 11.9 Å². The summed E-state index contributed by atoms with van der Waals surface area (Å²) in [5.41, 5.74) is 1.65. The largest absolute Gasteiger partial charge is 0.472 e. The Bertz CT molecular complexity index is 373. The van der Waals surface area contributed by atoms with Gasteiger partial charge in [0.15, 0.2) is 0 Å². The number of ether oxygens (including phenoxy) is 1. The molecule has 0 saturated carbocycles. The lowest BCUT2D eigenvalue weighted by molar-refractivity contribution is 0.346. The van der Waals surface area contributed by atoms with Gasteiger partial charge in [0.05, 0.1) is 0 Å². The molecule has 0 N–H and O–H groups in total. The van der Waals surface area contributed by atoms with E-state index in [0.717, 1.165) is 0 Å². The first-order chi connectivity index (χ1) is 6.74. The molecule has 0 atom stereocenters. The molecule has 0 aliphatic rings. The highest BCUT2D eigenvalue weighted by atomic mass is 16.5. The van der Waals surface area contributed by atoms with Gasteiger partial charge in [0.2, 0.25) is 5.88 Å². The van der Waals surface area contributed by atoms with E-state index in [9.17, 15) is 0 Å². The van der Waals surface area contributed by atoms with Crippen LogP contribution in [0.15, 0.2) is 30.0 Å². The number of hydrogen-bond donors (Lipinski definition) is 0. The Hall–Kier alpha value is -1.82. The molecule has 0 spiro atoms. The normalized spacial score (nSPS) is 8.93. The Morgan fingerprint density at radius 1 is 1.64 bits per heavy atom. The lowest BCUT2D eigenvalue weighted by Gasteiger charge is -2.03. The van der Waals surface area contributed by atoms with E-state index in [0.29, 0.717) is 18.1 Å². The summed E-state index contributed by atoms with van der Waals surface area (Å²) in [4.78, 5) is 3.97. The Balaban J connectivity index is 2.68. The maximum atomic E-state index is 8.74. The smallest absolute Gasteiger partial charge is 0.231 e. The highest BCUT2D eigenvalue weighted by Crippen LogP contribution is 2.12. The highest BCUT2D eigenvalue weighted by molar-refractivity contribution is 5.37. The van der Waals surface area contributed by atoms with Crippen LogP contribution in [0, 0.1) is 11.3 Å². The summed E-state index contributed by atoms with van der Waals surface area (Å²) in [5, 5.41) is 8.74. The van der Waals surface area contributed by atoms with Crippen LogP contribution in [0.5, 0.6) is 5.88 Å². The minimum Gasteiger partial charge on any atom is -0.472 e. The predicted octanol–water partition coefficient (Wildman–Crippen LogP) is 2.30. The Labute approximate surface area is 83.7 Å². The van der Waals surface area contributed by atoms with Gasteiger partial charge in [0.1, 0.15) is 18.2 Å². The number of nitriles is 1. The standard InChI is InChI=1S/C11H12N2O/c1-9(2)5-7-14-11-10(8-12)4-3-6-13-11/h3-6H,7H2,1-2H3. The third-order valence-corrected chi connectivity index (χ3v) is 1.60. The highest BCUT2D eigenvalue weighted by Gasteiger charge is 2.01. The fraction of sp³-hybridized carbons (Fsp3) is 0.273. The third kappa shape index (κ3) is 2.91. The van der Waals surface area contributed by atoms with Gasteiger partial charge < -0.3 is 4.74 Å². The topological polar surface area (TPSA) is 45.9 Å². The van der Waals surface area contributed by atoms with Crippen LogP contribution in [0.2, 0.25) is 0 Å². The summed E-state index contributed by atoms with van der Waals surface area (Å²) in [5.74, 6) is 0.396. The van der Waals surface area contributed by atoms with Crippen molar-refractivity contribution in [1.29, 1.82) is 5.26 Å². The quantitative estimate of drug-likeness (QED) is 0.684. The second kappa shape index (κ2) is 5.03. The van der Waals surface area contributed by atoms with Crippen molar-refractivity contribution in [1.82, 2.24) is 4.98 Å². The molecule has 0 fully saturated rings. The molecule has 0 amide bonds. The van der Waals surface area contributed by atoms with Crippen LogP contribution < -0.4 is 4.74 Å². The number of aromatic nitrogens is 1. The first kappa shape index (κ1) is 10.3. The zero-order valence-electron chi connectivity index (χ0n) is 8.32. The van der Waals surface area contributed by atoms with Gasteiger partial charge in [-0.25, -0.2) is 4.98 Å². The first-order valence-electron chi connectivity index (χ1n) is 4.35. The second-order valence-corrected chi connectivity index (χ2v) is 3.06. The molecule has 0 unspecified atom stereocenters. The van der Waals surface area contributed by atoms with Crippen LogP contribution >= 0.6 is 0 Å². The van der Waals surface area contributed by atoms with E-state index in [4.69, 9.17) is 10.00 Å². The Morgan fingerprint density at radius 3 is 3.07 bits per heavy atom. The van der Waals surface area contributed by atoms with E-state index in [-0.39, 0.29) is 0 Å². The zero-order chi connectivity index (χ0) is 10.4.